The second-order valence-electron chi connectivity index (χ2n) is 6.75. The van der Waals surface area contributed by atoms with Crippen LogP contribution in [0, 0.1) is 0 Å². The first kappa shape index (κ1) is 20.1. The number of nitrogens with one attached hydrogen (secondary N) is 2. The molecule has 1 aromatic rings. The molecule has 152 valence electrons. The lowest BCUT2D eigenvalue weighted by Crippen LogP contribution is -2.42. The van der Waals surface area contributed by atoms with E-state index in [4.69, 9.17) is 9.47 Å². The fourth-order valence-electron chi connectivity index (χ4n) is 3.30. The van der Waals surface area contributed by atoms with Crippen LogP contribution in [0.25, 0.3) is 0 Å². The van der Waals surface area contributed by atoms with Crippen molar-refractivity contribution in [2.45, 2.75) is 19.0 Å². The lowest BCUT2D eigenvalue weighted by atomic mass is 10.1. The van der Waals surface area contributed by atoms with Crippen LogP contribution >= 0.6 is 0 Å². The quantitative estimate of drug-likeness (QED) is 0.604. The lowest BCUT2D eigenvalue weighted by molar-refractivity contribution is -0.131. The van der Waals surface area contributed by atoms with Crippen molar-refractivity contribution in [1.82, 2.24) is 20.4 Å². The van der Waals surface area contributed by atoms with Crippen LogP contribution in [0.5, 0.6) is 5.75 Å². The summed E-state index contributed by atoms with van der Waals surface area (Å²) in [5, 5.41) is 5.40. The highest BCUT2D eigenvalue weighted by Crippen LogP contribution is 2.21. The molecular formula is C19H26N4O5. The molecular weight excluding hydrogens is 364 g/mol. The first-order chi connectivity index (χ1) is 13.6. The van der Waals surface area contributed by atoms with Gasteiger partial charge < -0.3 is 20.1 Å². The van der Waals surface area contributed by atoms with E-state index in [1.54, 1.807) is 12.1 Å². The van der Waals surface area contributed by atoms with Crippen LogP contribution in [-0.2, 0) is 20.9 Å². The second kappa shape index (κ2) is 9.52. The zero-order valence-corrected chi connectivity index (χ0v) is 16.0. The molecule has 2 saturated heterocycles. The summed E-state index contributed by atoms with van der Waals surface area (Å²) in [5.74, 6) is -0.0577. The number of imide groups is 1. The number of amides is 4. The van der Waals surface area contributed by atoms with Crippen molar-refractivity contribution in [3.63, 3.8) is 0 Å². The van der Waals surface area contributed by atoms with Gasteiger partial charge in [-0.2, -0.15) is 0 Å². The van der Waals surface area contributed by atoms with Crippen LogP contribution in [0.15, 0.2) is 24.3 Å². The third kappa shape index (κ3) is 4.99. The molecule has 0 spiro atoms. The van der Waals surface area contributed by atoms with Crippen molar-refractivity contribution in [2.24, 2.45) is 0 Å². The smallest absolute Gasteiger partial charge is 0.325 e. The van der Waals surface area contributed by atoms with Gasteiger partial charge in [0.25, 0.3) is 5.91 Å². The highest BCUT2D eigenvalue weighted by atomic mass is 16.5. The number of carbonyl (C=O) groups excluding carboxylic acids is 3. The minimum absolute atomic E-state index is 0.0733. The highest BCUT2D eigenvalue weighted by molar-refractivity contribution is 6.05. The number of urea groups is 1. The van der Waals surface area contributed by atoms with E-state index in [0.29, 0.717) is 25.5 Å². The van der Waals surface area contributed by atoms with Gasteiger partial charge in [0, 0.05) is 31.7 Å². The average Bonchev–Trinajstić information content (AvgIpc) is 2.96. The molecule has 0 aliphatic carbocycles. The lowest BCUT2D eigenvalue weighted by Gasteiger charge is -2.26. The van der Waals surface area contributed by atoms with E-state index in [0.717, 1.165) is 30.1 Å². The van der Waals surface area contributed by atoms with Gasteiger partial charge in [-0.3, -0.25) is 19.4 Å². The molecule has 4 amide bonds. The van der Waals surface area contributed by atoms with Crippen LogP contribution in [0.4, 0.5) is 4.79 Å². The minimum atomic E-state index is -0.842. The van der Waals surface area contributed by atoms with E-state index in [2.05, 4.69) is 15.5 Å². The summed E-state index contributed by atoms with van der Waals surface area (Å²) in [5.41, 5.74) is 0.726. The topological polar surface area (TPSA) is 100 Å². The first-order valence-corrected chi connectivity index (χ1v) is 9.39. The van der Waals surface area contributed by atoms with Gasteiger partial charge in [-0.1, -0.05) is 18.2 Å². The molecule has 0 saturated carbocycles. The van der Waals surface area contributed by atoms with Gasteiger partial charge in [0.1, 0.15) is 11.8 Å². The number of methoxy groups -OCH3 is 1. The number of hydrogen-bond acceptors (Lipinski definition) is 6. The number of benzene rings is 1. The van der Waals surface area contributed by atoms with Gasteiger partial charge in [-0.25, -0.2) is 4.79 Å². The standard InChI is InChI=1S/C19H26N4O5/c1-27-16-5-3-2-4-14(16)13-23-18(25)15(21-19(23)26)12-17(24)20-6-7-22-8-10-28-11-9-22/h2-5,15H,6-13H2,1H3,(H,20,24)(H,21,26). The molecule has 3 rings (SSSR count). The fraction of sp³-hybridized carbons (Fsp3) is 0.526. The number of carbonyl (C=O) groups is 3. The van der Waals surface area contributed by atoms with Crippen molar-refractivity contribution in [1.29, 1.82) is 0 Å². The summed E-state index contributed by atoms with van der Waals surface area (Å²) >= 11 is 0. The molecule has 9 nitrogen and oxygen atoms in total. The Bertz CT molecular complexity index is 720. The van der Waals surface area contributed by atoms with Crippen molar-refractivity contribution in [3.05, 3.63) is 29.8 Å². The Morgan fingerprint density at radius 2 is 2.04 bits per heavy atom. The molecule has 2 N–H and O–H groups in total. The summed E-state index contributed by atoms with van der Waals surface area (Å²) in [6.45, 7) is 4.45. The van der Waals surface area contributed by atoms with Crippen LogP contribution in [0.1, 0.15) is 12.0 Å². The van der Waals surface area contributed by atoms with Crippen molar-refractivity contribution >= 4 is 17.8 Å². The van der Waals surface area contributed by atoms with Gasteiger partial charge in [-0.05, 0) is 6.07 Å². The summed E-state index contributed by atoms with van der Waals surface area (Å²) in [6.07, 6.45) is -0.0733. The fourth-order valence-corrected chi connectivity index (χ4v) is 3.30. The highest BCUT2D eigenvalue weighted by Gasteiger charge is 2.39. The molecule has 28 heavy (non-hydrogen) atoms. The van der Waals surface area contributed by atoms with E-state index >= 15 is 0 Å². The van der Waals surface area contributed by atoms with Crippen molar-refractivity contribution in [2.75, 3.05) is 46.5 Å². The van der Waals surface area contributed by atoms with Crippen molar-refractivity contribution < 1.29 is 23.9 Å². The van der Waals surface area contributed by atoms with E-state index in [-0.39, 0.29) is 18.9 Å². The number of para-hydroxylation sites is 1. The maximum Gasteiger partial charge on any atom is 0.325 e. The molecule has 1 atom stereocenters. The number of hydrogen-bond donors (Lipinski definition) is 2. The van der Waals surface area contributed by atoms with Crippen LogP contribution in [-0.4, -0.2) is 80.2 Å². The van der Waals surface area contributed by atoms with Crippen LogP contribution in [0.3, 0.4) is 0 Å². The number of ether oxygens (including phenoxy) is 2. The van der Waals surface area contributed by atoms with Crippen LogP contribution in [0.2, 0.25) is 0 Å². The molecule has 2 heterocycles. The Balaban J connectivity index is 1.48. The molecule has 2 aliphatic heterocycles. The molecule has 1 aromatic carbocycles. The molecule has 0 radical (unpaired) electrons. The molecule has 9 heteroatoms. The predicted octanol–water partition coefficient (Wildman–Crippen LogP) is -0.0459. The van der Waals surface area contributed by atoms with E-state index in [1.165, 1.54) is 7.11 Å². The minimum Gasteiger partial charge on any atom is -0.496 e. The summed E-state index contributed by atoms with van der Waals surface area (Å²) in [4.78, 5) is 40.3. The van der Waals surface area contributed by atoms with Crippen molar-refractivity contribution in [3.8, 4) is 5.75 Å². The number of nitrogens with zero attached hydrogens (tertiary/aromatic N) is 2. The summed E-state index contributed by atoms with van der Waals surface area (Å²) in [6, 6.07) is 5.86. The monoisotopic (exact) mass is 390 g/mol. The largest absolute Gasteiger partial charge is 0.496 e. The van der Waals surface area contributed by atoms with Gasteiger partial charge in [0.05, 0.1) is 33.3 Å². The van der Waals surface area contributed by atoms with E-state index in [1.807, 2.05) is 12.1 Å². The predicted molar refractivity (Wildman–Crippen MR) is 101 cm³/mol. The normalized spacial score (nSPS) is 20.2. The molecule has 2 aliphatic rings. The average molecular weight is 390 g/mol. The van der Waals surface area contributed by atoms with Gasteiger partial charge >= 0.3 is 6.03 Å². The van der Waals surface area contributed by atoms with Gasteiger partial charge in [-0.15, -0.1) is 0 Å². The Labute approximate surface area is 163 Å². The zero-order valence-electron chi connectivity index (χ0n) is 16.0. The van der Waals surface area contributed by atoms with Crippen LogP contribution < -0.4 is 15.4 Å². The van der Waals surface area contributed by atoms with E-state index in [9.17, 15) is 14.4 Å². The summed E-state index contributed by atoms with van der Waals surface area (Å²) < 4.78 is 10.6. The van der Waals surface area contributed by atoms with Gasteiger partial charge in [0.2, 0.25) is 5.91 Å². The van der Waals surface area contributed by atoms with Gasteiger partial charge in [0.15, 0.2) is 0 Å². The first-order valence-electron chi connectivity index (χ1n) is 9.39. The Hall–Kier alpha value is -2.65. The molecule has 0 bridgehead atoms. The maximum absolute atomic E-state index is 12.6. The Morgan fingerprint density at radius 1 is 1.29 bits per heavy atom. The second-order valence-corrected chi connectivity index (χ2v) is 6.75. The number of rotatable bonds is 8. The Kier molecular flexibility index (Phi) is 6.83. The maximum atomic E-state index is 12.6. The molecule has 1 unspecified atom stereocenters. The Morgan fingerprint density at radius 3 is 2.79 bits per heavy atom. The van der Waals surface area contributed by atoms with E-state index < -0.39 is 18.0 Å². The SMILES string of the molecule is COc1ccccc1CN1C(=O)NC(CC(=O)NCCN2CCOCC2)C1=O. The number of morpholine rings is 1. The zero-order chi connectivity index (χ0) is 19.9. The molecule has 2 fully saturated rings. The molecule has 0 aromatic heterocycles. The summed E-state index contributed by atoms with van der Waals surface area (Å²) in [7, 11) is 1.54. The third-order valence-electron chi connectivity index (χ3n) is 4.87. The third-order valence-corrected chi connectivity index (χ3v) is 4.87.